The van der Waals surface area contributed by atoms with E-state index in [1.165, 1.54) is 11.8 Å². The van der Waals surface area contributed by atoms with Crippen molar-refractivity contribution in [2.45, 2.75) is 20.3 Å². The van der Waals surface area contributed by atoms with Crippen LogP contribution < -0.4 is 4.74 Å². The van der Waals surface area contributed by atoms with Crippen LogP contribution in [-0.4, -0.2) is 38.1 Å². The third kappa shape index (κ3) is 4.60. The minimum atomic E-state index is -0.0648. The van der Waals surface area contributed by atoms with Crippen molar-refractivity contribution in [2.75, 3.05) is 13.2 Å². The zero-order valence-corrected chi connectivity index (χ0v) is 20.1. The summed E-state index contributed by atoms with van der Waals surface area (Å²) in [6.07, 6.45) is 4.63. The van der Waals surface area contributed by atoms with Gasteiger partial charge in [-0.25, -0.2) is 4.68 Å². The van der Waals surface area contributed by atoms with Crippen molar-refractivity contribution in [1.29, 1.82) is 0 Å². The molecule has 4 rings (SSSR count). The second kappa shape index (κ2) is 9.90. The minimum Gasteiger partial charge on any atom is -0.492 e. The number of carbonyl (C=O) groups is 1. The van der Waals surface area contributed by atoms with Crippen LogP contribution in [0.5, 0.6) is 5.75 Å². The summed E-state index contributed by atoms with van der Waals surface area (Å²) in [5.41, 5.74) is 3.29. The number of thioether (sulfide) groups is 1. The second-order valence-corrected chi connectivity index (χ2v) is 9.21. The summed E-state index contributed by atoms with van der Waals surface area (Å²) < 4.78 is 7.95. The van der Waals surface area contributed by atoms with E-state index in [4.69, 9.17) is 33.7 Å². The molecule has 8 heteroatoms. The van der Waals surface area contributed by atoms with Crippen molar-refractivity contribution in [3.05, 3.63) is 70.2 Å². The molecule has 1 saturated heterocycles. The molecule has 0 N–H and O–H groups in total. The molecule has 1 amide bonds. The lowest BCUT2D eigenvalue weighted by Gasteiger charge is -2.11. The largest absolute Gasteiger partial charge is 0.492 e. The topological polar surface area (TPSA) is 47.4 Å². The van der Waals surface area contributed by atoms with Crippen LogP contribution in [0, 0.1) is 0 Å². The molecule has 0 radical (unpaired) electrons. The van der Waals surface area contributed by atoms with Gasteiger partial charge in [-0.1, -0.05) is 60.7 Å². The van der Waals surface area contributed by atoms with Crippen LogP contribution in [0.25, 0.3) is 23.0 Å². The van der Waals surface area contributed by atoms with E-state index in [0.717, 1.165) is 28.9 Å². The number of rotatable bonds is 7. The summed E-state index contributed by atoms with van der Waals surface area (Å²) in [6, 6.07) is 15.4. The summed E-state index contributed by atoms with van der Waals surface area (Å²) in [5, 5.41) is 5.33. The zero-order valence-electron chi connectivity index (χ0n) is 17.7. The first-order valence-corrected chi connectivity index (χ1v) is 11.9. The third-order valence-electron chi connectivity index (χ3n) is 4.88. The molecule has 1 aliphatic rings. The number of ether oxygens (including phenoxy) is 1. The predicted octanol–water partition coefficient (Wildman–Crippen LogP) is 6.20. The van der Waals surface area contributed by atoms with Crippen molar-refractivity contribution in [2.24, 2.45) is 0 Å². The van der Waals surface area contributed by atoms with Gasteiger partial charge in [0.1, 0.15) is 15.8 Å². The Hall–Kier alpha value is -2.61. The molecule has 0 saturated carbocycles. The highest BCUT2D eigenvalue weighted by molar-refractivity contribution is 8.26. The van der Waals surface area contributed by atoms with Gasteiger partial charge in [0, 0.05) is 23.9 Å². The number of hydrogen-bond donors (Lipinski definition) is 0. The molecule has 1 fully saturated rings. The summed E-state index contributed by atoms with van der Waals surface area (Å²) in [5.74, 6) is 0.562. The van der Waals surface area contributed by atoms with Gasteiger partial charge in [-0.05, 0) is 49.8 Å². The number of hydrogen-bond acceptors (Lipinski definition) is 5. The Morgan fingerprint density at radius 2 is 1.97 bits per heavy atom. The maximum absolute atomic E-state index is 12.9. The van der Waals surface area contributed by atoms with Gasteiger partial charge in [0.15, 0.2) is 0 Å². The van der Waals surface area contributed by atoms with Crippen LogP contribution in [0.3, 0.4) is 0 Å². The maximum Gasteiger partial charge on any atom is 0.266 e. The Morgan fingerprint density at radius 3 is 2.66 bits per heavy atom. The van der Waals surface area contributed by atoms with Crippen LogP contribution in [0.4, 0.5) is 0 Å². The Morgan fingerprint density at radius 1 is 1.19 bits per heavy atom. The molecule has 0 unspecified atom stereocenters. The van der Waals surface area contributed by atoms with Gasteiger partial charge in [0.25, 0.3) is 5.91 Å². The van der Waals surface area contributed by atoms with E-state index in [-0.39, 0.29) is 5.91 Å². The van der Waals surface area contributed by atoms with E-state index in [0.29, 0.717) is 33.1 Å². The third-order valence-corrected chi connectivity index (χ3v) is 6.55. The fourth-order valence-electron chi connectivity index (χ4n) is 3.41. The lowest BCUT2D eigenvalue weighted by Crippen LogP contribution is -2.28. The van der Waals surface area contributed by atoms with Gasteiger partial charge in [-0.2, -0.15) is 5.10 Å². The lowest BCUT2D eigenvalue weighted by molar-refractivity contribution is -0.122. The van der Waals surface area contributed by atoms with Gasteiger partial charge in [0.05, 0.1) is 22.2 Å². The molecule has 1 aliphatic heterocycles. The van der Waals surface area contributed by atoms with E-state index in [1.807, 2.05) is 74.7 Å². The summed E-state index contributed by atoms with van der Waals surface area (Å²) in [7, 11) is 0. The zero-order chi connectivity index (χ0) is 22.7. The smallest absolute Gasteiger partial charge is 0.266 e. The molecule has 164 valence electrons. The number of carbonyl (C=O) groups excluding carboxylic acids is 1. The first-order valence-electron chi connectivity index (χ1n) is 10.3. The highest BCUT2D eigenvalue weighted by Gasteiger charge is 2.31. The monoisotopic (exact) mass is 483 g/mol. The molecule has 32 heavy (non-hydrogen) atoms. The number of benzene rings is 2. The molecule has 0 spiro atoms. The quantitative estimate of drug-likeness (QED) is 0.295. The summed E-state index contributed by atoms with van der Waals surface area (Å²) in [6.45, 7) is 5.09. The van der Waals surface area contributed by atoms with Gasteiger partial charge < -0.3 is 4.74 Å². The van der Waals surface area contributed by atoms with E-state index in [1.54, 1.807) is 9.58 Å². The second-order valence-electron chi connectivity index (χ2n) is 7.12. The first kappa shape index (κ1) is 22.6. The van der Waals surface area contributed by atoms with Crippen LogP contribution in [0.2, 0.25) is 5.02 Å². The van der Waals surface area contributed by atoms with Gasteiger partial charge in [-0.15, -0.1) is 0 Å². The molecule has 0 aliphatic carbocycles. The molecule has 3 aromatic rings. The van der Waals surface area contributed by atoms with Crippen molar-refractivity contribution in [1.82, 2.24) is 14.7 Å². The number of thiocarbonyl (C=S) groups is 1. The van der Waals surface area contributed by atoms with Crippen molar-refractivity contribution < 1.29 is 9.53 Å². The molecular weight excluding hydrogens is 462 g/mol. The number of nitrogens with zero attached hydrogens (tertiary/aromatic N) is 3. The number of amides is 1. The number of aromatic nitrogens is 2. The SMILES string of the molecule is CCCN1C(=O)/C(=C/c2cn(-c3ccccc3)nc2-c2ccc(OCC)c(Cl)c2)SC1=S. The lowest BCUT2D eigenvalue weighted by atomic mass is 10.1. The molecule has 2 heterocycles. The van der Waals surface area contributed by atoms with Gasteiger partial charge >= 0.3 is 0 Å². The Balaban J connectivity index is 1.80. The Labute approximate surface area is 202 Å². The fourth-order valence-corrected chi connectivity index (χ4v) is 4.94. The van der Waals surface area contributed by atoms with Crippen molar-refractivity contribution in [3.8, 4) is 22.7 Å². The molecule has 0 bridgehead atoms. The standard InChI is InChI=1S/C24H22ClN3O2S2/c1-3-12-27-23(29)21(32-24(27)31)14-17-15-28(18-8-6-5-7-9-18)26-22(17)16-10-11-20(30-4-2)19(25)13-16/h5-11,13-15H,3-4,12H2,1-2H3/b21-14-. The van der Waals surface area contributed by atoms with E-state index in [9.17, 15) is 4.79 Å². The van der Waals surface area contributed by atoms with Gasteiger partial charge in [0.2, 0.25) is 0 Å². The van der Waals surface area contributed by atoms with Crippen molar-refractivity contribution >= 4 is 51.9 Å². The molecule has 0 atom stereocenters. The van der Waals surface area contributed by atoms with Crippen LogP contribution in [-0.2, 0) is 4.79 Å². The highest BCUT2D eigenvalue weighted by Crippen LogP contribution is 2.36. The van der Waals surface area contributed by atoms with E-state index in [2.05, 4.69) is 0 Å². The average molecular weight is 484 g/mol. The van der Waals surface area contributed by atoms with Crippen molar-refractivity contribution in [3.63, 3.8) is 0 Å². The first-order chi connectivity index (χ1) is 15.5. The van der Waals surface area contributed by atoms with Crippen LogP contribution in [0.15, 0.2) is 59.6 Å². The summed E-state index contributed by atoms with van der Waals surface area (Å²) >= 11 is 13.2. The Bertz CT molecular complexity index is 1190. The molecule has 5 nitrogen and oxygen atoms in total. The minimum absolute atomic E-state index is 0.0648. The average Bonchev–Trinajstić information content (AvgIpc) is 3.33. The maximum atomic E-state index is 12.9. The fraction of sp³-hybridized carbons (Fsp3) is 0.208. The van der Waals surface area contributed by atoms with Crippen LogP contribution >= 0.6 is 35.6 Å². The summed E-state index contributed by atoms with van der Waals surface area (Å²) in [4.78, 5) is 15.1. The van der Waals surface area contributed by atoms with E-state index >= 15 is 0 Å². The highest BCUT2D eigenvalue weighted by atomic mass is 35.5. The normalized spacial score (nSPS) is 15.1. The van der Waals surface area contributed by atoms with Crippen LogP contribution in [0.1, 0.15) is 25.8 Å². The molecular formula is C24H22ClN3O2S2. The number of halogens is 1. The van der Waals surface area contributed by atoms with E-state index < -0.39 is 0 Å². The predicted molar refractivity (Wildman–Crippen MR) is 135 cm³/mol. The molecule has 2 aromatic carbocycles. The molecule has 1 aromatic heterocycles. The Kier molecular flexibility index (Phi) is 6.98. The van der Waals surface area contributed by atoms with Gasteiger partial charge in [-0.3, -0.25) is 9.69 Å². The number of para-hydroxylation sites is 1.